The van der Waals surface area contributed by atoms with Crippen LogP contribution in [-0.2, 0) is 0 Å². The highest BCUT2D eigenvalue weighted by molar-refractivity contribution is 4.97. The molecule has 1 fully saturated rings. The molecule has 0 spiro atoms. The van der Waals surface area contributed by atoms with E-state index in [0.29, 0.717) is 11.6 Å². The van der Waals surface area contributed by atoms with Crippen molar-refractivity contribution in [3.05, 3.63) is 12.2 Å². The Hall–Kier alpha value is -0.340. The largest absolute Gasteiger partial charge is 0.308 e. The van der Waals surface area contributed by atoms with E-state index in [1.54, 1.807) is 0 Å². The van der Waals surface area contributed by atoms with Crippen LogP contribution in [0.4, 0.5) is 0 Å². The average molecular weight is 210 g/mol. The van der Waals surface area contributed by atoms with Gasteiger partial charge in [0.1, 0.15) is 0 Å². The second kappa shape index (κ2) is 5.66. The van der Waals surface area contributed by atoms with E-state index in [0.717, 1.165) is 13.1 Å². The SMILES string of the molecule is C/C=C/CN1CC(CC)(CC)NCC1C. The Balaban J connectivity index is 2.61. The van der Waals surface area contributed by atoms with Gasteiger partial charge in [0.25, 0.3) is 0 Å². The van der Waals surface area contributed by atoms with Crippen molar-refractivity contribution >= 4 is 0 Å². The van der Waals surface area contributed by atoms with Crippen LogP contribution in [0.1, 0.15) is 40.5 Å². The van der Waals surface area contributed by atoms with Gasteiger partial charge in [-0.15, -0.1) is 0 Å². The summed E-state index contributed by atoms with van der Waals surface area (Å²) >= 11 is 0. The third-order valence-corrected chi connectivity index (χ3v) is 3.83. The summed E-state index contributed by atoms with van der Waals surface area (Å²) in [5, 5.41) is 3.72. The summed E-state index contributed by atoms with van der Waals surface area (Å²) in [5.74, 6) is 0. The fraction of sp³-hybridized carbons (Fsp3) is 0.846. The molecule has 0 aliphatic carbocycles. The summed E-state index contributed by atoms with van der Waals surface area (Å²) in [7, 11) is 0. The maximum Gasteiger partial charge on any atom is 0.0304 e. The quantitative estimate of drug-likeness (QED) is 0.717. The number of hydrogen-bond acceptors (Lipinski definition) is 2. The first-order chi connectivity index (χ1) is 7.17. The maximum atomic E-state index is 3.72. The number of nitrogens with one attached hydrogen (secondary N) is 1. The molecular formula is C13H26N2. The Morgan fingerprint density at radius 3 is 2.60 bits per heavy atom. The van der Waals surface area contributed by atoms with Gasteiger partial charge in [-0.3, -0.25) is 4.90 Å². The van der Waals surface area contributed by atoms with Crippen molar-refractivity contribution in [2.24, 2.45) is 0 Å². The molecule has 1 atom stereocenters. The Bertz CT molecular complexity index is 207. The normalized spacial score (nSPS) is 27.3. The van der Waals surface area contributed by atoms with Gasteiger partial charge < -0.3 is 5.32 Å². The second-order valence-corrected chi connectivity index (χ2v) is 4.72. The fourth-order valence-corrected chi connectivity index (χ4v) is 2.30. The minimum atomic E-state index is 0.355. The number of nitrogens with zero attached hydrogens (tertiary/aromatic N) is 1. The van der Waals surface area contributed by atoms with Gasteiger partial charge in [-0.05, 0) is 26.7 Å². The minimum absolute atomic E-state index is 0.355. The summed E-state index contributed by atoms with van der Waals surface area (Å²) < 4.78 is 0. The van der Waals surface area contributed by atoms with Crippen LogP contribution in [0.2, 0.25) is 0 Å². The number of hydrogen-bond donors (Lipinski definition) is 1. The first kappa shape index (κ1) is 12.7. The molecule has 2 nitrogen and oxygen atoms in total. The van der Waals surface area contributed by atoms with E-state index in [9.17, 15) is 0 Å². The van der Waals surface area contributed by atoms with E-state index in [4.69, 9.17) is 0 Å². The summed E-state index contributed by atoms with van der Waals surface area (Å²) in [6, 6.07) is 0.660. The molecular weight excluding hydrogens is 184 g/mol. The van der Waals surface area contributed by atoms with Crippen LogP contribution in [0.3, 0.4) is 0 Å². The lowest BCUT2D eigenvalue weighted by Gasteiger charge is -2.46. The first-order valence-electron chi connectivity index (χ1n) is 6.27. The van der Waals surface area contributed by atoms with Crippen molar-refractivity contribution in [3.63, 3.8) is 0 Å². The molecule has 15 heavy (non-hydrogen) atoms. The average Bonchev–Trinajstić information content (AvgIpc) is 2.29. The molecule has 1 unspecified atom stereocenters. The molecule has 88 valence electrons. The van der Waals surface area contributed by atoms with E-state index < -0.39 is 0 Å². The highest BCUT2D eigenvalue weighted by Gasteiger charge is 2.34. The summed E-state index contributed by atoms with van der Waals surface area (Å²) in [6.45, 7) is 12.4. The van der Waals surface area contributed by atoms with Crippen LogP contribution in [0.15, 0.2) is 12.2 Å². The standard InChI is InChI=1S/C13H26N2/c1-5-8-9-15-11-13(6-2,7-3)14-10-12(15)4/h5,8,12,14H,6-7,9-11H2,1-4H3/b8-5+. The van der Waals surface area contributed by atoms with Crippen LogP contribution in [0.25, 0.3) is 0 Å². The predicted octanol–water partition coefficient (Wildman–Crippen LogP) is 2.42. The molecule has 1 rings (SSSR count). The smallest absolute Gasteiger partial charge is 0.0304 e. The van der Waals surface area contributed by atoms with Crippen LogP contribution < -0.4 is 5.32 Å². The van der Waals surface area contributed by atoms with E-state index in [2.05, 4.69) is 50.1 Å². The molecule has 1 saturated heterocycles. The Labute approximate surface area is 94.7 Å². The van der Waals surface area contributed by atoms with Gasteiger partial charge in [-0.2, -0.15) is 0 Å². The van der Waals surface area contributed by atoms with Crippen molar-refractivity contribution < 1.29 is 0 Å². The van der Waals surface area contributed by atoms with Gasteiger partial charge in [0.05, 0.1) is 0 Å². The van der Waals surface area contributed by atoms with E-state index in [1.807, 2.05) is 0 Å². The van der Waals surface area contributed by atoms with Crippen molar-refractivity contribution in [2.75, 3.05) is 19.6 Å². The third kappa shape index (κ3) is 3.05. The Kier molecular flexibility index (Phi) is 4.81. The molecule has 1 heterocycles. The lowest BCUT2D eigenvalue weighted by Crippen LogP contribution is -2.63. The topological polar surface area (TPSA) is 15.3 Å². The number of rotatable bonds is 4. The van der Waals surface area contributed by atoms with Crippen molar-refractivity contribution in [1.29, 1.82) is 0 Å². The molecule has 0 radical (unpaired) electrons. The highest BCUT2D eigenvalue weighted by atomic mass is 15.2. The Morgan fingerprint density at radius 1 is 1.40 bits per heavy atom. The van der Waals surface area contributed by atoms with E-state index >= 15 is 0 Å². The maximum absolute atomic E-state index is 3.72. The van der Waals surface area contributed by atoms with Crippen LogP contribution in [-0.4, -0.2) is 36.1 Å². The molecule has 0 bridgehead atoms. The van der Waals surface area contributed by atoms with Crippen LogP contribution >= 0.6 is 0 Å². The highest BCUT2D eigenvalue weighted by Crippen LogP contribution is 2.22. The van der Waals surface area contributed by atoms with Gasteiger partial charge in [0.15, 0.2) is 0 Å². The summed E-state index contributed by atoms with van der Waals surface area (Å²) in [4.78, 5) is 2.59. The summed E-state index contributed by atoms with van der Waals surface area (Å²) in [6.07, 6.45) is 6.86. The zero-order chi connectivity index (χ0) is 11.3. The summed E-state index contributed by atoms with van der Waals surface area (Å²) in [5.41, 5.74) is 0.355. The van der Waals surface area contributed by atoms with E-state index in [1.165, 1.54) is 19.4 Å². The first-order valence-corrected chi connectivity index (χ1v) is 6.27. The molecule has 0 saturated carbocycles. The molecule has 1 aliphatic heterocycles. The van der Waals surface area contributed by atoms with E-state index in [-0.39, 0.29) is 0 Å². The third-order valence-electron chi connectivity index (χ3n) is 3.83. The molecule has 0 aromatic heterocycles. The Morgan fingerprint density at radius 2 is 2.07 bits per heavy atom. The zero-order valence-electron chi connectivity index (χ0n) is 10.7. The van der Waals surface area contributed by atoms with Gasteiger partial charge in [-0.25, -0.2) is 0 Å². The second-order valence-electron chi connectivity index (χ2n) is 4.72. The number of allylic oxidation sites excluding steroid dienone is 1. The zero-order valence-corrected chi connectivity index (χ0v) is 10.7. The lowest BCUT2D eigenvalue weighted by molar-refractivity contribution is 0.0914. The van der Waals surface area contributed by atoms with Gasteiger partial charge in [0.2, 0.25) is 0 Å². The lowest BCUT2D eigenvalue weighted by atomic mass is 9.89. The number of piperazine rings is 1. The predicted molar refractivity (Wildman–Crippen MR) is 67.2 cm³/mol. The molecule has 0 aromatic rings. The van der Waals surface area contributed by atoms with Gasteiger partial charge in [-0.1, -0.05) is 26.0 Å². The van der Waals surface area contributed by atoms with Gasteiger partial charge in [0, 0.05) is 31.2 Å². The van der Waals surface area contributed by atoms with Crippen molar-refractivity contribution in [1.82, 2.24) is 10.2 Å². The molecule has 0 amide bonds. The molecule has 2 heteroatoms. The van der Waals surface area contributed by atoms with Crippen molar-refractivity contribution in [2.45, 2.75) is 52.1 Å². The molecule has 1 N–H and O–H groups in total. The molecule has 0 aromatic carbocycles. The van der Waals surface area contributed by atoms with Crippen molar-refractivity contribution in [3.8, 4) is 0 Å². The monoisotopic (exact) mass is 210 g/mol. The minimum Gasteiger partial charge on any atom is -0.308 e. The van der Waals surface area contributed by atoms with Crippen LogP contribution in [0.5, 0.6) is 0 Å². The molecule has 1 aliphatic rings. The van der Waals surface area contributed by atoms with Crippen LogP contribution in [0, 0.1) is 0 Å². The fourth-order valence-electron chi connectivity index (χ4n) is 2.30. The van der Waals surface area contributed by atoms with Gasteiger partial charge >= 0.3 is 0 Å².